The molecule has 0 amide bonds. The van der Waals surface area contributed by atoms with Crippen LogP contribution in [0.15, 0.2) is 12.4 Å². The molecule has 0 radical (unpaired) electrons. The molecule has 0 saturated carbocycles. The van der Waals surface area contributed by atoms with Crippen LogP contribution in [0.25, 0.3) is 0 Å². The van der Waals surface area contributed by atoms with Crippen LogP contribution in [0.4, 0.5) is 0 Å². The van der Waals surface area contributed by atoms with Crippen molar-refractivity contribution in [1.29, 1.82) is 0 Å². The van der Waals surface area contributed by atoms with Crippen LogP contribution in [0.5, 0.6) is 0 Å². The Morgan fingerprint density at radius 1 is 1.37 bits per heavy atom. The topological polar surface area (TPSA) is 38.1 Å². The van der Waals surface area contributed by atoms with Crippen molar-refractivity contribution in [3.63, 3.8) is 0 Å². The normalized spacial score (nSPS) is 19.5. The lowest BCUT2D eigenvalue weighted by Gasteiger charge is -2.36. The van der Waals surface area contributed by atoms with Crippen molar-refractivity contribution >= 4 is 5.78 Å². The first-order valence-electron chi connectivity index (χ1n) is 7.40. The third-order valence-electron chi connectivity index (χ3n) is 4.55. The van der Waals surface area contributed by atoms with Crippen molar-refractivity contribution in [3.8, 4) is 0 Å². The van der Waals surface area contributed by atoms with Crippen LogP contribution >= 0.6 is 0 Å². The minimum Gasteiger partial charge on any atom is -0.335 e. The van der Waals surface area contributed by atoms with Gasteiger partial charge in [-0.05, 0) is 46.2 Å². The zero-order chi connectivity index (χ0) is 13.9. The van der Waals surface area contributed by atoms with E-state index in [1.165, 1.54) is 12.8 Å². The van der Waals surface area contributed by atoms with Gasteiger partial charge in [0.1, 0.15) is 5.82 Å². The summed E-state index contributed by atoms with van der Waals surface area (Å²) in [4.78, 5) is 19.4. The van der Waals surface area contributed by atoms with Crippen LogP contribution < -0.4 is 0 Å². The SMILES string of the molecule is CCn1ccnc1CC(=O)C(C)(CC)N1CCCC1. The zero-order valence-corrected chi connectivity index (χ0v) is 12.4. The number of ketones is 1. The Balaban J connectivity index is 2.12. The molecular formula is C15H25N3O. The molecule has 1 aromatic rings. The van der Waals surface area contributed by atoms with Crippen LogP contribution in [0, 0.1) is 0 Å². The predicted molar refractivity (Wildman–Crippen MR) is 76.1 cm³/mol. The molecule has 19 heavy (non-hydrogen) atoms. The molecule has 0 N–H and O–H groups in total. The van der Waals surface area contributed by atoms with E-state index in [4.69, 9.17) is 0 Å². The number of aryl methyl sites for hydroxylation is 1. The van der Waals surface area contributed by atoms with Crippen LogP contribution in [0.1, 0.15) is 45.9 Å². The highest BCUT2D eigenvalue weighted by Gasteiger charge is 2.38. The van der Waals surface area contributed by atoms with E-state index in [2.05, 4.69) is 35.2 Å². The molecule has 2 rings (SSSR count). The summed E-state index contributed by atoms with van der Waals surface area (Å²) in [6, 6.07) is 0. The molecule has 4 nitrogen and oxygen atoms in total. The highest BCUT2D eigenvalue weighted by Crippen LogP contribution is 2.26. The Kier molecular flexibility index (Phi) is 4.40. The van der Waals surface area contributed by atoms with Crippen molar-refractivity contribution in [1.82, 2.24) is 14.5 Å². The van der Waals surface area contributed by atoms with Crippen LogP contribution in [-0.4, -0.2) is 38.9 Å². The van der Waals surface area contributed by atoms with Gasteiger partial charge < -0.3 is 4.57 Å². The summed E-state index contributed by atoms with van der Waals surface area (Å²) in [6.45, 7) is 9.27. The number of imidazole rings is 1. The summed E-state index contributed by atoms with van der Waals surface area (Å²) in [5.74, 6) is 1.20. The zero-order valence-electron chi connectivity index (χ0n) is 12.4. The quantitative estimate of drug-likeness (QED) is 0.790. The van der Waals surface area contributed by atoms with Gasteiger partial charge in [-0.2, -0.15) is 0 Å². The standard InChI is InChI=1S/C15H25N3O/c1-4-15(3,18-9-6-7-10-18)13(19)12-14-16-8-11-17(14)5-2/h8,11H,4-7,9-10,12H2,1-3H3. The molecule has 1 fully saturated rings. The highest BCUT2D eigenvalue weighted by atomic mass is 16.1. The van der Waals surface area contributed by atoms with Gasteiger partial charge in [-0.1, -0.05) is 6.92 Å². The van der Waals surface area contributed by atoms with Gasteiger partial charge in [-0.3, -0.25) is 9.69 Å². The molecule has 0 spiro atoms. The lowest BCUT2D eigenvalue weighted by molar-refractivity contribution is -0.129. The fraction of sp³-hybridized carbons (Fsp3) is 0.733. The molecule has 1 saturated heterocycles. The minimum atomic E-state index is -0.318. The Morgan fingerprint density at radius 3 is 2.63 bits per heavy atom. The molecule has 0 aliphatic carbocycles. The van der Waals surface area contributed by atoms with Crippen molar-refractivity contribution in [2.75, 3.05) is 13.1 Å². The summed E-state index contributed by atoms with van der Waals surface area (Å²) in [5.41, 5.74) is -0.318. The van der Waals surface area contributed by atoms with Gasteiger partial charge in [0.25, 0.3) is 0 Å². The minimum absolute atomic E-state index is 0.304. The fourth-order valence-electron chi connectivity index (χ4n) is 2.94. The van der Waals surface area contributed by atoms with Gasteiger partial charge in [0, 0.05) is 18.9 Å². The van der Waals surface area contributed by atoms with Gasteiger partial charge in [-0.15, -0.1) is 0 Å². The van der Waals surface area contributed by atoms with E-state index in [-0.39, 0.29) is 5.54 Å². The van der Waals surface area contributed by atoms with Gasteiger partial charge in [0.15, 0.2) is 5.78 Å². The molecule has 4 heteroatoms. The van der Waals surface area contributed by atoms with Gasteiger partial charge >= 0.3 is 0 Å². The second-order valence-corrected chi connectivity index (χ2v) is 5.55. The Labute approximate surface area is 115 Å². The van der Waals surface area contributed by atoms with Crippen LogP contribution in [-0.2, 0) is 17.8 Å². The molecule has 1 aliphatic rings. The summed E-state index contributed by atoms with van der Waals surface area (Å²) < 4.78 is 2.05. The first-order valence-corrected chi connectivity index (χ1v) is 7.40. The number of aromatic nitrogens is 2. The van der Waals surface area contributed by atoms with E-state index in [0.29, 0.717) is 12.2 Å². The van der Waals surface area contributed by atoms with Crippen molar-refractivity contribution in [2.24, 2.45) is 0 Å². The maximum atomic E-state index is 12.7. The summed E-state index contributed by atoms with van der Waals surface area (Å²) in [7, 11) is 0. The molecule has 2 heterocycles. The number of nitrogens with zero attached hydrogens (tertiary/aromatic N) is 3. The fourth-order valence-corrected chi connectivity index (χ4v) is 2.94. The van der Waals surface area contributed by atoms with Gasteiger partial charge in [0.05, 0.1) is 12.0 Å². The summed E-state index contributed by atoms with van der Waals surface area (Å²) in [5, 5.41) is 0. The lowest BCUT2D eigenvalue weighted by Crippen LogP contribution is -2.51. The largest absolute Gasteiger partial charge is 0.335 e. The smallest absolute Gasteiger partial charge is 0.160 e. The molecule has 1 aromatic heterocycles. The first kappa shape index (κ1) is 14.3. The number of likely N-dealkylation sites (tertiary alicyclic amines) is 1. The third kappa shape index (κ3) is 2.73. The van der Waals surface area contributed by atoms with Gasteiger partial charge in [-0.25, -0.2) is 4.98 Å². The number of Topliss-reactive ketones (excluding diaryl/α,β-unsaturated/α-hetero) is 1. The van der Waals surface area contributed by atoms with Crippen molar-refractivity contribution < 1.29 is 4.79 Å². The monoisotopic (exact) mass is 263 g/mol. The molecule has 1 atom stereocenters. The first-order chi connectivity index (χ1) is 9.11. The van der Waals surface area contributed by atoms with E-state index in [1.54, 1.807) is 6.20 Å². The number of rotatable bonds is 6. The van der Waals surface area contributed by atoms with Crippen molar-refractivity contribution in [2.45, 2.75) is 58.5 Å². The molecule has 0 aromatic carbocycles. The average molecular weight is 263 g/mol. The van der Waals surface area contributed by atoms with E-state index >= 15 is 0 Å². The van der Waals surface area contributed by atoms with E-state index in [1.807, 2.05) is 6.20 Å². The summed E-state index contributed by atoms with van der Waals surface area (Å²) in [6.07, 6.45) is 7.48. The summed E-state index contributed by atoms with van der Waals surface area (Å²) >= 11 is 0. The van der Waals surface area contributed by atoms with E-state index < -0.39 is 0 Å². The Bertz CT molecular complexity index is 434. The van der Waals surface area contributed by atoms with E-state index in [0.717, 1.165) is 31.9 Å². The molecule has 106 valence electrons. The maximum absolute atomic E-state index is 12.7. The van der Waals surface area contributed by atoms with Gasteiger partial charge in [0.2, 0.25) is 0 Å². The van der Waals surface area contributed by atoms with Crippen LogP contribution in [0.3, 0.4) is 0 Å². The molecular weight excluding hydrogens is 238 g/mol. The highest BCUT2D eigenvalue weighted by molar-refractivity contribution is 5.89. The molecule has 0 bridgehead atoms. The number of carbonyl (C=O) groups excluding carboxylic acids is 1. The second kappa shape index (κ2) is 5.87. The number of hydrogen-bond donors (Lipinski definition) is 0. The Hall–Kier alpha value is -1.16. The van der Waals surface area contributed by atoms with E-state index in [9.17, 15) is 4.79 Å². The van der Waals surface area contributed by atoms with Crippen LogP contribution in [0.2, 0.25) is 0 Å². The molecule has 1 aliphatic heterocycles. The maximum Gasteiger partial charge on any atom is 0.160 e. The van der Waals surface area contributed by atoms with Crippen molar-refractivity contribution in [3.05, 3.63) is 18.2 Å². The lowest BCUT2D eigenvalue weighted by atomic mass is 9.89. The predicted octanol–water partition coefficient (Wildman–Crippen LogP) is 2.28. The number of carbonyl (C=O) groups is 1. The third-order valence-corrected chi connectivity index (χ3v) is 4.55. The second-order valence-electron chi connectivity index (χ2n) is 5.55. The number of hydrogen-bond acceptors (Lipinski definition) is 3. The Morgan fingerprint density at radius 2 is 2.05 bits per heavy atom. The molecule has 1 unspecified atom stereocenters. The average Bonchev–Trinajstić information content (AvgIpc) is 3.08.